The molecule has 3 aliphatic carbocycles. The smallest absolute Gasteiger partial charge is 0.407 e. The number of imidazole rings is 2. The highest BCUT2D eigenvalue weighted by molar-refractivity contribution is 5.88. The molecular weight excluding hydrogens is 857 g/mol. The number of carbonyl (C=O) groups excluding carboxylic acids is 4. The predicted molar refractivity (Wildman–Crippen MR) is 223 cm³/mol. The van der Waals surface area contributed by atoms with E-state index in [-0.39, 0.29) is 57.4 Å². The number of H-pyrrole nitrogens is 2. The standard InChI is InChI=1S/C45H50F4N8O8/c1-20(58)34(54-42(62)64-3)40(60)56-19-22-5-6-25(13-22)36(56)38-50-17-32(52-38)23-8-11-28-29-12-9-24(16-31(29)45(48,49)44(46,47)30(28)15-23)33-18-51-39(53-33)37-26-7-10-27(14-26)57(37)41(61)35(21(2)59)55-43(63)65-4/h8-9,11-12,15-18,20-22,25-27,34-37,58-59H,5-7,10,13-14,19H2,1-4H3,(H,50,52)(H,51,53)(H,54,62)(H,55,63)/t20-,21-,22+,25+,26+,27-,34+,35+,36+,37+/m1/s1. The number of carbonyl (C=O) groups is 4. The average molecular weight is 907 g/mol. The number of alkyl carbamates (subject to hydrolysis) is 2. The van der Waals surface area contributed by atoms with Crippen LogP contribution in [0, 0.1) is 17.8 Å². The van der Waals surface area contributed by atoms with Crippen molar-refractivity contribution in [2.45, 2.75) is 107 Å². The summed E-state index contributed by atoms with van der Waals surface area (Å²) in [5, 5.41) is 25.7. The van der Waals surface area contributed by atoms with Crippen LogP contribution in [0.2, 0.25) is 0 Å². The zero-order valence-corrected chi connectivity index (χ0v) is 36.0. The number of aromatic amines is 2. The molecule has 4 bridgehead atoms. The molecule has 2 aromatic heterocycles. The third kappa shape index (κ3) is 7.37. The van der Waals surface area contributed by atoms with Gasteiger partial charge in [-0.15, -0.1) is 0 Å². The van der Waals surface area contributed by atoms with Crippen LogP contribution in [0.3, 0.4) is 0 Å². The lowest BCUT2D eigenvalue weighted by atomic mass is 9.79. The van der Waals surface area contributed by atoms with Gasteiger partial charge in [0, 0.05) is 34.8 Å². The van der Waals surface area contributed by atoms with Crippen LogP contribution in [0.15, 0.2) is 48.8 Å². The minimum Gasteiger partial charge on any atom is -0.453 e. The molecule has 346 valence electrons. The fourth-order valence-corrected chi connectivity index (χ4v) is 11.0. The van der Waals surface area contributed by atoms with Crippen LogP contribution in [-0.4, -0.2) is 115 Å². The fourth-order valence-electron chi connectivity index (χ4n) is 11.0. The normalized spacial score (nSPS) is 26.4. The molecular formula is C45H50F4N8O8. The van der Waals surface area contributed by atoms with Crippen molar-refractivity contribution in [3.63, 3.8) is 0 Å². The molecule has 20 heteroatoms. The first-order valence-electron chi connectivity index (χ1n) is 21.8. The average Bonchev–Trinajstić information content (AvgIpc) is 4.16. The highest BCUT2D eigenvalue weighted by Crippen LogP contribution is 2.59. The molecule has 4 amide bonds. The van der Waals surface area contributed by atoms with Gasteiger partial charge in [-0.05, 0) is 93.4 Å². The summed E-state index contributed by atoms with van der Waals surface area (Å²) in [6.45, 7) is 3.10. The second-order valence-electron chi connectivity index (χ2n) is 18.0. The van der Waals surface area contributed by atoms with Crippen LogP contribution in [0.1, 0.15) is 87.2 Å². The monoisotopic (exact) mass is 906 g/mol. The molecule has 6 N–H and O–H groups in total. The summed E-state index contributed by atoms with van der Waals surface area (Å²) in [6.07, 6.45) is 3.13. The highest BCUT2D eigenvalue weighted by atomic mass is 19.3. The minimum atomic E-state index is -4.65. The molecule has 4 fully saturated rings. The zero-order valence-electron chi connectivity index (χ0n) is 36.0. The van der Waals surface area contributed by atoms with E-state index in [1.54, 1.807) is 15.9 Å². The summed E-state index contributed by atoms with van der Waals surface area (Å²) < 4.78 is 74.6. The first-order valence-corrected chi connectivity index (χ1v) is 21.8. The zero-order chi connectivity index (χ0) is 46.3. The van der Waals surface area contributed by atoms with Crippen molar-refractivity contribution in [1.29, 1.82) is 0 Å². The molecule has 9 rings (SSSR count). The lowest BCUT2D eigenvalue weighted by Gasteiger charge is -2.41. The second kappa shape index (κ2) is 16.4. The van der Waals surface area contributed by atoms with Crippen molar-refractivity contribution in [2.75, 3.05) is 20.8 Å². The maximum Gasteiger partial charge on any atom is 0.407 e. The summed E-state index contributed by atoms with van der Waals surface area (Å²) in [6, 6.07) is 3.92. The number of hydrogen-bond acceptors (Lipinski definition) is 10. The fraction of sp³-hybridized carbons (Fsp3) is 0.511. The van der Waals surface area contributed by atoms with E-state index in [2.05, 4.69) is 40.0 Å². The number of halogens is 4. The minimum absolute atomic E-state index is 0.0105. The molecule has 0 radical (unpaired) electrons. The van der Waals surface area contributed by atoms with Gasteiger partial charge < -0.3 is 50.1 Å². The van der Waals surface area contributed by atoms with Gasteiger partial charge in [0.2, 0.25) is 11.8 Å². The maximum absolute atomic E-state index is 16.3. The van der Waals surface area contributed by atoms with Gasteiger partial charge in [-0.1, -0.05) is 24.3 Å². The van der Waals surface area contributed by atoms with Crippen molar-refractivity contribution in [3.05, 3.63) is 71.6 Å². The van der Waals surface area contributed by atoms with Crippen LogP contribution >= 0.6 is 0 Å². The Balaban J connectivity index is 0.998. The van der Waals surface area contributed by atoms with E-state index in [1.165, 1.54) is 44.4 Å². The van der Waals surface area contributed by atoms with Crippen molar-refractivity contribution in [3.8, 4) is 33.6 Å². The summed E-state index contributed by atoms with van der Waals surface area (Å²) in [5.74, 6) is -9.48. The largest absolute Gasteiger partial charge is 0.453 e. The predicted octanol–water partition coefficient (Wildman–Crippen LogP) is 5.89. The molecule has 0 spiro atoms. The van der Waals surface area contributed by atoms with Crippen molar-refractivity contribution >= 4 is 24.0 Å². The number of rotatable bonds is 10. The maximum atomic E-state index is 16.3. The molecule has 65 heavy (non-hydrogen) atoms. The van der Waals surface area contributed by atoms with Crippen LogP contribution in [0.5, 0.6) is 0 Å². The number of alkyl halides is 4. The van der Waals surface area contributed by atoms with Crippen LogP contribution in [0.4, 0.5) is 27.2 Å². The van der Waals surface area contributed by atoms with Crippen molar-refractivity contribution in [2.24, 2.45) is 17.8 Å². The Morgan fingerprint density at radius 1 is 0.723 bits per heavy atom. The molecule has 0 unspecified atom stereocenters. The Hall–Kier alpha value is -6.02. The number of piperidine rings is 2. The number of nitrogens with one attached hydrogen (secondary N) is 4. The van der Waals surface area contributed by atoms with Gasteiger partial charge >= 0.3 is 24.0 Å². The Bertz CT molecular complexity index is 2530. The first-order chi connectivity index (χ1) is 30.9. The van der Waals surface area contributed by atoms with Gasteiger partial charge in [-0.25, -0.2) is 19.6 Å². The first kappa shape index (κ1) is 44.2. The van der Waals surface area contributed by atoms with Crippen LogP contribution in [-0.2, 0) is 30.9 Å². The lowest BCUT2D eigenvalue weighted by molar-refractivity contribution is -0.225. The molecule has 2 aliphatic heterocycles. The number of nitrogens with zero attached hydrogens (tertiary/aromatic N) is 4. The van der Waals surface area contributed by atoms with Gasteiger partial charge in [0.05, 0.1) is 62.3 Å². The third-order valence-corrected chi connectivity index (χ3v) is 14.1. The summed E-state index contributed by atoms with van der Waals surface area (Å²) >= 11 is 0. The molecule has 10 atom stereocenters. The number of methoxy groups -OCH3 is 2. The number of benzene rings is 2. The van der Waals surface area contributed by atoms with Crippen molar-refractivity contribution < 1.29 is 56.4 Å². The third-order valence-electron chi connectivity index (χ3n) is 14.1. The van der Waals surface area contributed by atoms with E-state index in [9.17, 15) is 29.4 Å². The SMILES string of the molecule is COC(=O)N[C@H](C(=O)N1C[C@H]2CC[C@@H](C2)[C@H]1c1ncc(-c2ccc3c(c2)C(F)(F)C(F)(F)c2cc(-c4cnc([C@@H]5[C@H]6CC[C@H](C6)N5C(=O)[C@@H](NC(=O)OC)[C@@H](C)O)[nH]4)ccc2-3)[nH]1)[C@@H](C)O. The molecule has 5 aliphatic rings. The number of fused-ring (bicyclic) bond motifs is 7. The quantitative estimate of drug-likeness (QED) is 0.104. The van der Waals surface area contributed by atoms with E-state index in [0.29, 0.717) is 31.0 Å². The molecule has 4 aromatic rings. The van der Waals surface area contributed by atoms with E-state index >= 15 is 17.6 Å². The lowest BCUT2D eigenvalue weighted by Crippen LogP contribution is -2.56. The molecule has 2 saturated heterocycles. The van der Waals surface area contributed by atoms with E-state index in [0.717, 1.165) is 52.0 Å². The van der Waals surface area contributed by atoms with Gasteiger partial charge in [-0.2, -0.15) is 17.6 Å². The van der Waals surface area contributed by atoms with E-state index < -0.39 is 83.3 Å². The number of amides is 4. The van der Waals surface area contributed by atoms with Crippen LogP contribution in [0.25, 0.3) is 33.6 Å². The Labute approximate surface area is 370 Å². The molecule has 2 aromatic carbocycles. The number of likely N-dealkylation sites (tertiary alicyclic amines) is 2. The van der Waals surface area contributed by atoms with Gasteiger partial charge in [0.15, 0.2) is 0 Å². The second-order valence-corrected chi connectivity index (χ2v) is 18.0. The molecule has 2 saturated carbocycles. The molecule has 4 heterocycles. The number of aliphatic hydroxyl groups excluding tert-OH is 2. The number of aromatic nitrogens is 4. The van der Waals surface area contributed by atoms with Crippen molar-refractivity contribution in [1.82, 2.24) is 40.4 Å². The summed E-state index contributed by atoms with van der Waals surface area (Å²) in [4.78, 5) is 70.5. The van der Waals surface area contributed by atoms with E-state index in [4.69, 9.17) is 0 Å². The van der Waals surface area contributed by atoms with E-state index in [1.807, 2.05) is 0 Å². The summed E-state index contributed by atoms with van der Waals surface area (Å²) in [5.41, 5.74) is -1.04. The van der Waals surface area contributed by atoms with Crippen LogP contribution < -0.4 is 10.6 Å². The number of aliphatic hydroxyl groups is 2. The summed E-state index contributed by atoms with van der Waals surface area (Å²) in [7, 11) is 2.28. The highest BCUT2D eigenvalue weighted by Gasteiger charge is 2.63. The van der Waals surface area contributed by atoms with Gasteiger partial charge in [0.25, 0.3) is 0 Å². The van der Waals surface area contributed by atoms with Gasteiger partial charge in [0.1, 0.15) is 23.7 Å². The Kier molecular flexibility index (Phi) is 11.2. The topological polar surface area (TPSA) is 215 Å². The Morgan fingerprint density at radius 3 is 1.74 bits per heavy atom. The number of ether oxygens (including phenoxy) is 2. The molecule has 16 nitrogen and oxygen atoms in total. The Morgan fingerprint density at radius 2 is 1.22 bits per heavy atom. The van der Waals surface area contributed by atoms with Gasteiger partial charge in [-0.3, -0.25) is 9.59 Å². The number of hydrogen-bond donors (Lipinski definition) is 6.